The molecular weight excluding hydrogens is 272 g/mol. The summed E-state index contributed by atoms with van der Waals surface area (Å²) in [5.41, 5.74) is 2.40. The molecule has 92 valence electrons. The van der Waals surface area contributed by atoms with E-state index in [0.717, 1.165) is 22.6 Å². The molecule has 0 amide bonds. The van der Waals surface area contributed by atoms with Crippen LogP contribution in [-0.4, -0.2) is 19.7 Å². The zero-order valence-corrected chi connectivity index (χ0v) is 11.0. The van der Waals surface area contributed by atoms with Crippen LogP contribution >= 0.6 is 23.8 Å². The lowest BCUT2D eigenvalue weighted by molar-refractivity contribution is 0.373. The average Bonchev–Trinajstić information content (AvgIpc) is 2.84. The number of nitrogens with zero attached hydrogens (tertiary/aromatic N) is 3. The van der Waals surface area contributed by atoms with Crippen LogP contribution in [0.2, 0.25) is 5.02 Å². The first kappa shape index (κ1) is 11.4. The molecule has 5 nitrogen and oxygen atoms in total. The van der Waals surface area contributed by atoms with Crippen molar-refractivity contribution in [3.8, 4) is 0 Å². The Labute approximate surface area is 112 Å². The fraction of sp³-hybridized carbons (Fsp3) is 0.182. The zero-order chi connectivity index (χ0) is 12.7. The number of aromatic amines is 1. The molecule has 3 rings (SSSR count). The molecule has 0 aliphatic carbocycles. The smallest absolute Gasteiger partial charge is 0.179 e. The van der Waals surface area contributed by atoms with Gasteiger partial charge in [-0.05, 0) is 25.2 Å². The van der Waals surface area contributed by atoms with Crippen molar-refractivity contribution in [3.05, 3.63) is 39.6 Å². The molecule has 18 heavy (non-hydrogen) atoms. The van der Waals surface area contributed by atoms with Gasteiger partial charge < -0.3 is 9.51 Å². The van der Waals surface area contributed by atoms with Crippen molar-refractivity contribution in [1.29, 1.82) is 0 Å². The number of aryl methyl sites for hydroxylation is 1. The van der Waals surface area contributed by atoms with Gasteiger partial charge in [-0.15, -0.1) is 0 Å². The Balaban J connectivity index is 2.11. The van der Waals surface area contributed by atoms with E-state index in [1.165, 1.54) is 0 Å². The minimum Gasteiger partial charge on any atom is -0.359 e. The number of rotatable bonds is 2. The number of nitrogens with one attached hydrogen (secondary N) is 1. The van der Waals surface area contributed by atoms with E-state index in [2.05, 4.69) is 15.1 Å². The fourth-order valence-electron chi connectivity index (χ4n) is 1.81. The predicted octanol–water partition coefficient (Wildman–Crippen LogP) is 3.09. The lowest BCUT2D eigenvalue weighted by Gasteiger charge is -1.99. The molecule has 3 heterocycles. The van der Waals surface area contributed by atoms with E-state index in [0.29, 0.717) is 16.3 Å². The first-order valence-corrected chi connectivity index (χ1v) is 6.08. The number of aromatic nitrogens is 4. The maximum absolute atomic E-state index is 5.89. The van der Waals surface area contributed by atoms with E-state index < -0.39 is 0 Å². The maximum atomic E-state index is 5.89. The van der Waals surface area contributed by atoms with Gasteiger partial charge in [-0.1, -0.05) is 16.8 Å². The molecule has 3 aromatic heterocycles. The van der Waals surface area contributed by atoms with Crippen molar-refractivity contribution in [2.75, 3.05) is 0 Å². The van der Waals surface area contributed by atoms with Gasteiger partial charge in [0.2, 0.25) is 0 Å². The molecule has 0 aliphatic rings. The number of pyridine rings is 1. The molecule has 3 aromatic rings. The highest BCUT2D eigenvalue weighted by Crippen LogP contribution is 2.17. The number of H-pyrrole nitrogens is 1. The normalized spacial score (nSPS) is 11.2. The second kappa shape index (κ2) is 4.22. The molecule has 1 N–H and O–H groups in total. The summed E-state index contributed by atoms with van der Waals surface area (Å²) in [7, 11) is 0. The van der Waals surface area contributed by atoms with Crippen LogP contribution in [0.5, 0.6) is 0 Å². The van der Waals surface area contributed by atoms with E-state index >= 15 is 0 Å². The Morgan fingerprint density at radius 2 is 2.33 bits per heavy atom. The van der Waals surface area contributed by atoms with Crippen molar-refractivity contribution in [3.63, 3.8) is 0 Å². The van der Waals surface area contributed by atoms with Crippen LogP contribution in [0.15, 0.2) is 22.9 Å². The molecule has 0 bridgehead atoms. The summed E-state index contributed by atoms with van der Waals surface area (Å²) in [6.45, 7) is 2.37. The third-order valence-electron chi connectivity index (χ3n) is 2.57. The van der Waals surface area contributed by atoms with Gasteiger partial charge >= 0.3 is 0 Å². The van der Waals surface area contributed by atoms with Crippen LogP contribution in [0.25, 0.3) is 11.2 Å². The monoisotopic (exact) mass is 280 g/mol. The van der Waals surface area contributed by atoms with Crippen molar-refractivity contribution >= 4 is 35.0 Å². The van der Waals surface area contributed by atoms with Crippen LogP contribution in [0.4, 0.5) is 0 Å². The first-order chi connectivity index (χ1) is 8.63. The second-order valence-electron chi connectivity index (χ2n) is 3.98. The predicted molar refractivity (Wildman–Crippen MR) is 70.3 cm³/mol. The number of imidazole rings is 1. The second-order valence-corrected chi connectivity index (χ2v) is 4.80. The summed E-state index contributed by atoms with van der Waals surface area (Å²) in [6.07, 6.45) is 1.59. The van der Waals surface area contributed by atoms with Gasteiger partial charge in [-0.25, -0.2) is 4.98 Å². The van der Waals surface area contributed by atoms with E-state index in [1.807, 2.05) is 17.6 Å². The summed E-state index contributed by atoms with van der Waals surface area (Å²) >= 11 is 11.2. The SMILES string of the molecule is Cc1cc(Cn2c(=S)[nH]c3cc(Cl)cnc32)on1. The van der Waals surface area contributed by atoms with Crippen LogP contribution < -0.4 is 0 Å². The summed E-state index contributed by atoms with van der Waals surface area (Å²) < 4.78 is 7.61. The molecule has 0 aromatic carbocycles. The lowest BCUT2D eigenvalue weighted by atomic mass is 10.4. The third-order valence-corrected chi connectivity index (χ3v) is 3.10. The molecule has 0 spiro atoms. The summed E-state index contributed by atoms with van der Waals surface area (Å²) in [6, 6.07) is 3.67. The molecular formula is C11H9ClN4OS. The Morgan fingerprint density at radius 3 is 3.06 bits per heavy atom. The largest absolute Gasteiger partial charge is 0.359 e. The maximum Gasteiger partial charge on any atom is 0.179 e. The molecule has 0 radical (unpaired) electrons. The Morgan fingerprint density at radius 1 is 1.50 bits per heavy atom. The molecule has 7 heteroatoms. The van der Waals surface area contributed by atoms with Crippen LogP contribution in [0, 0.1) is 11.7 Å². The minimum absolute atomic E-state index is 0.494. The van der Waals surface area contributed by atoms with E-state index in [1.54, 1.807) is 12.3 Å². The first-order valence-electron chi connectivity index (χ1n) is 5.30. The topological polar surface area (TPSA) is 59.6 Å². The summed E-state index contributed by atoms with van der Waals surface area (Å²) in [4.78, 5) is 7.34. The third kappa shape index (κ3) is 1.93. The molecule has 0 unspecified atom stereocenters. The van der Waals surface area contributed by atoms with Gasteiger partial charge in [0.15, 0.2) is 16.2 Å². The van der Waals surface area contributed by atoms with Crippen molar-refractivity contribution < 1.29 is 4.52 Å². The Kier molecular flexibility index (Phi) is 2.68. The van der Waals surface area contributed by atoms with Gasteiger partial charge in [0.25, 0.3) is 0 Å². The average molecular weight is 281 g/mol. The fourth-order valence-corrected chi connectivity index (χ4v) is 2.23. The molecule has 0 saturated heterocycles. The van der Waals surface area contributed by atoms with Gasteiger partial charge in [-0.3, -0.25) is 4.57 Å². The highest BCUT2D eigenvalue weighted by molar-refractivity contribution is 7.71. The Bertz CT molecular complexity index is 773. The zero-order valence-electron chi connectivity index (χ0n) is 9.48. The lowest BCUT2D eigenvalue weighted by Crippen LogP contribution is -1.99. The summed E-state index contributed by atoms with van der Waals surface area (Å²) in [5.74, 6) is 0.737. The van der Waals surface area contributed by atoms with Gasteiger partial charge in [0.05, 0.1) is 22.8 Å². The highest BCUT2D eigenvalue weighted by atomic mass is 35.5. The van der Waals surface area contributed by atoms with Gasteiger partial charge in [0, 0.05) is 12.3 Å². The number of halogens is 1. The molecule has 0 saturated carbocycles. The standard InChI is InChI=1S/C11H9ClN4OS/c1-6-2-8(17-15-6)5-16-10-9(14-11(16)18)3-7(12)4-13-10/h2-4H,5H2,1H3,(H,14,18). The van der Waals surface area contributed by atoms with Crippen molar-refractivity contribution in [2.45, 2.75) is 13.5 Å². The Hall–Kier alpha value is -1.66. The van der Waals surface area contributed by atoms with E-state index in [9.17, 15) is 0 Å². The number of fused-ring (bicyclic) bond motifs is 1. The molecule has 0 aliphatic heterocycles. The number of hydrogen-bond acceptors (Lipinski definition) is 4. The van der Waals surface area contributed by atoms with Crippen LogP contribution in [-0.2, 0) is 6.54 Å². The highest BCUT2D eigenvalue weighted by Gasteiger charge is 2.09. The van der Waals surface area contributed by atoms with E-state index in [4.69, 9.17) is 28.3 Å². The van der Waals surface area contributed by atoms with Gasteiger partial charge in [0.1, 0.15) is 0 Å². The molecule has 0 fully saturated rings. The van der Waals surface area contributed by atoms with Crippen LogP contribution in [0.1, 0.15) is 11.5 Å². The summed E-state index contributed by atoms with van der Waals surface area (Å²) in [5, 5.41) is 4.42. The van der Waals surface area contributed by atoms with Gasteiger partial charge in [-0.2, -0.15) is 0 Å². The molecule has 0 atom stereocenters. The van der Waals surface area contributed by atoms with E-state index in [-0.39, 0.29) is 0 Å². The minimum atomic E-state index is 0.494. The van der Waals surface area contributed by atoms with Crippen molar-refractivity contribution in [2.24, 2.45) is 0 Å². The quantitative estimate of drug-likeness (QED) is 0.733. The van der Waals surface area contributed by atoms with Crippen LogP contribution in [0.3, 0.4) is 0 Å². The number of hydrogen-bond donors (Lipinski definition) is 1. The van der Waals surface area contributed by atoms with Crippen molar-refractivity contribution in [1.82, 2.24) is 19.7 Å².